The lowest BCUT2D eigenvalue weighted by Crippen LogP contribution is -3.14. The Morgan fingerprint density at radius 2 is 2.18 bits per heavy atom. The number of para-hydroxylation sites is 1. The van der Waals surface area contributed by atoms with E-state index < -0.39 is 0 Å². The standard InChI is InChI=1S/C21H19ClN4OS/c22-16-11-15(9-8-14(16)12-23)24-20(27)13-26-10-4-3-6-18(26)21-25-17-5-1-2-7-19(17)28-21/h1-2,5,7-9,11,18H,3-4,6,10,13H2,(H,24,27)/p+1/t18-/m1/s1. The smallest absolute Gasteiger partial charge is 0.279 e. The van der Waals surface area contributed by atoms with E-state index in [0.29, 0.717) is 22.8 Å². The fraction of sp³-hybridized carbons (Fsp3) is 0.286. The molecule has 2 heterocycles. The van der Waals surface area contributed by atoms with E-state index in [2.05, 4.69) is 11.4 Å². The molecule has 2 N–H and O–H groups in total. The largest absolute Gasteiger partial charge is 0.321 e. The first kappa shape index (κ1) is 18.9. The highest BCUT2D eigenvalue weighted by Crippen LogP contribution is 2.28. The number of nitriles is 1. The van der Waals surface area contributed by atoms with Gasteiger partial charge in [-0.15, -0.1) is 11.3 Å². The number of anilines is 1. The number of fused-ring (bicyclic) bond motifs is 1. The molecule has 4 rings (SSSR count). The number of nitrogens with zero attached hydrogens (tertiary/aromatic N) is 2. The predicted octanol–water partition coefficient (Wildman–Crippen LogP) is 3.57. The summed E-state index contributed by atoms with van der Waals surface area (Å²) in [5, 5.41) is 13.3. The molecule has 1 aliphatic rings. The summed E-state index contributed by atoms with van der Waals surface area (Å²) in [6.07, 6.45) is 3.33. The van der Waals surface area contributed by atoms with E-state index in [-0.39, 0.29) is 11.9 Å². The molecule has 1 unspecified atom stereocenters. The number of quaternary nitrogens is 1. The van der Waals surface area contributed by atoms with Crippen molar-refractivity contribution in [2.24, 2.45) is 0 Å². The van der Waals surface area contributed by atoms with E-state index >= 15 is 0 Å². The maximum atomic E-state index is 12.6. The van der Waals surface area contributed by atoms with E-state index in [9.17, 15) is 4.79 Å². The molecule has 142 valence electrons. The van der Waals surface area contributed by atoms with Gasteiger partial charge in [-0.3, -0.25) is 4.79 Å². The van der Waals surface area contributed by atoms with Gasteiger partial charge in [0.2, 0.25) is 0 Å². The minimum atomic E-state index is -0.0521. The van der Waals surface area contributed by atoms with E-state index in [4.69, 9.17) is 21.8 Å². The zero-order chi connectivity index (χ0) is 19.5. The molecule has 0 radical (unpaired) electrons. The zero-order valence-electron chi connectivity index (χ0n) is 15.2. The van der Waals surface area contributed by atoms with Crippen LogP contribution in [0.5, 0.6) is 0 Å². The molecule has 2 aromatic carbocycles. The van der Waals surface area contributed by atoms with Gasteiger partial charge in [-0.25, -0.2) is 4.98 Å². The third kappa shape index (κ3) is 4.02. The Bertz CT molecular complexity index is 1020. The molecule has 5 nitrogen and oxygen atoms in total. The molecule has 0 bridgehead atoms. The topological polar surface area (TPSA) is 70.2 Å². The maximum Gasteiger partial charge on any atom is 0.279 e. The molecule has 1 aliphatic heterocycles. The van der Waals surface area contributed by atoms with Crippen LogP contribution in [0.15, 0.2) is 42.5 Å². The molecule has 28 heavy (non-hydrogen) atoms. The second-order valence-corrected chi connectivity index (χ2v) is 8.48. The highest BCUT2D eigenvalue weighted by molar-refractivity contribution is 7.18. The normalized spacial score (nSPS) is 19.3. The number of amides is 1. The van der Waals surface area contributed by atoms with Crippen molar-refractivity contribution in [3.8, 4) is 6.07 Å². The number of thiazole rings is 1. The van der Waals surface area contributed by atoms with Gasteiger partial charge < -0.3 is 10.2 Å². The predicted molar refractivity (Wildman–Crippen MR) is 112 cm³/mol. The van der Waals surface area contributed by atoms with Crippen LogP contribution in [0.3, 0.4) is 0 Å². The number of halogens is 1. The van der Waals surface area contributed by atoms with Crippen LogP contribution in [0.4, 0.5) is 5.69 Å². The molecule has 0 aliphatic carbocycles. The third-order valence-corrected chi connectivity index (χ3v) is 6.57. The Balaban J connectivity index is 1.48. The van der Waals surface area contributed by atoms with Crippen molar-refractivity contribution in [1.29, 1.82) is 5.26 Å². The molecule has 1 amide bonds. The number of hydrogen-bond acceptors (Lipinski definition) is 4. The van der Waals surface area contributed by atoms with E-state index in [0.717, 1.165) is 36.3 Å². The number of hydrogen-bond donors (Lipinski definition) is 2. The number of carbonyl (C=O) groups excluding carboxylic acids is 1. The van der Waals surface area contributed by atoms with Crippen molar-refractivity contribution in [2.45, 2.75) is 25.3 Å². The van der Waals surface area contributed by atoms with E-state index in [1.807, 2.05) is 24.3 Å². The van der Waals surface area contributed by atoms with Crippen LogP contribution in [-0.2, 0) is 4.79 Å². The summed E-state index contributed by atoms with van der Waals surface area (Å²) in [4.78, 5) is 18.7. The number of aromatic nitrogens is 1. The second-order valence-electron chi connectivity index (χ2n) is 7.01. The highest BCUT2D eigenvalue weighted by Gasteiger charge is 2.31. The Hall–Kier alpha value is -2.46. The number of carbonyl (C=O) groups is 1. The minimum Gasteiger partial charge on any atom is -0.321 e. The number of nitrogens with one attached hydrogen (secondary N) is 2. The average molecular weight is 412 g/mol. The van der Waals surface area contributed by atoms with Crippen molar-refractivity contribution in [2.75, 3.05) is 18.4 Å². The van der Waals surface area contributed by atoms with Gasteiger partial charge in [0.15, 0.2) is 11.6 Å². The summed E-state index contributed by atoms with van der Waals surface area (Å²) in [5.74, 6) is -0.0521. The Morgan fingerprint density at radius 1 is 1.32 bits per heavy atom. The van der Waals surface area contributed by atoms with E-state index in [1.54, 1.807) is 29.5 Å². The van der Waals surface area contributed by atoms with Crippen LogP contribution in [-0.4, -0.2) is 24.0 Å². The monoisotopic (exact) mass is 411 g/mol. The first-order chi connectivity index (χ1) is 13.6. The van der Waals surface area contributed by atoms with Crippen molar-refractivity contribution in [1.82, 2.24) is 4.98 Å². The first-order valence-corrected chi connectivity index (χ1v) is 10.5. The lowest BCUT2D eigenvalue weighted by molar-refractivity contribution is -0.929. The lowest BCUT2D eigenvalue weighted by Gasteiger charge is -2.30. The highest BCUT2D eigenvalue weighted by atomic mass is 35.5. The Kier molecular flexibility index (Phi) is 5.58. The molecule has 0 saturated carbocycles. The molecule has 1 fully saturated rings. The van der Waals surface area contributed by atoms with Crippen LogP contribution in [0.2, 0.25) is 5.02 Å². The van der Waals surface area contributed by atoms with Gasteiger partial charge in [-0.05, 0) is 43.2 Å². The Morgan fingerprint density at radius 3 is 2.96 bits per heavy atom. The van der Waals surface area contributed by atoms with Crippen molar-refractivity contribution in [3.63, 3.8) is 0 Å². The van der Waals surface area contributed by atoms with Gasteiger partial charge in [-0.2, -0.15) is 5.26 Å². The van der Waals surface area contributed by atoms with Crippen LogP contribution >= 0.6 is 22.9 Å². The summed E-state index contributed by atoms with van der Waals surface area (Å²) < 4.78 is 1.19. The minimum absolute atomic E-state index is 0.0521. The average Bonchev–Trinajstić information content (AvgIpc) is 3.12. The second kappa shape index (κ2) is 8.27. The third-order valence-electron chi connectivity index (χ3n) is 5.10. The lowest BCUT2D eigenvalue weighted by atomic mass is 10.0. The quantitative estimate of drug-likeness (QED) is 0.689. The summed E-state index contributed by atoms with van der Waals surface area (Å²) in [6, 6.07) is 15.4. The number of piperidine rings is 1. The van der Waals surface area contributed by atoms with Gasteiger partial charge in [-0.1, -0.05) is 23.7 Å². The summed E-state index contributed by atoms with van der Waals surface area (Å²) in [5.41, 5.74) is 2.04. The van der Waals surface area contributed by atoms with Crippen LogP contribution in [0, 0.1) is 11.3 Å². The van der Waals surface area contributed by atoms with Crippen molar-refractivity contribution in [3.05, 3.63) is 58.1 Å². The molecular formula is C21H20ClN4OS+. The summed E-state index contributed by atoms with van der Waals surface area (Å²) in [7, 11) is 0. The molecule has 7 heteroatoms. The number of rotatable bonds is 4. The number of likely N-dealkylation sites (tertiary alicyclic amines) is 1. The van der Waals surface area contributed by atoms with Crippen LogP contribution < -0.4 is 10.2 Å². The van der Waals surface area contributed by atoms with Crippen LogP contribution in [0.1, 0.15) is 35.9 Å². The molecule has 2 atom stereocenters. The maximum absolute atomic E-state index is 12.6. The molecule has 1 saturated heterocycles. The Labute approximate surface area is 172 Å². The van der Waals surface area contributed by atoms with Gasteiger partial charge in [0.05, 0.1) is 27.3 Å². The fourth-order valence-electron chi connectivity index (χ4n) is 3.72. The zero-order valence-corrected chi connectivity index (χ0v) is 16.8. The van der Waals surface area contributed by atoms with Gasteiger partial charge in [0.25, 0.3) is 5.91 Å². The molecular weight excluding hydrogens is 392 g/mol. The van der Waals surface area contributed by atoms with Gasteiger partial charge >= 0.3 is 0 Å². The van der Waals surface area contributed by atoms with E-state index in [1.165, 1.54) is 9.60 Å². The SMILES string of the molecule is N#Cc1ccc(NC(=O)C[NH+]2CCCC[C@@H]2c2nc3ccccc3s2)cc1Cl. The van der Waals surface area contributed by atoms with Gasteiger partial charge in [0, 0.05) is 12.1 Å². The summed E-state index contributed by atoms with van der Waals surface area (Å²) in [6.45, 7) is 1.35. The first-order valence-electron chi connectivity index (χ1n) is 9.33. The van der Waals surface area contributed by atoms with Crippen molar-refractivity contribution < 1.29 is 9.69 Å². The van der Waals surface area contributed by atoms with Crippen LogP contribution in [0.25, 0.3) is 10.2 Å². The van der Waals surface area contributed by atoms with Gasteiger partial charge in [0.1, 0.15) is 12.1 Å². The van der Waals surface area contributed by atoms with Crippen molar-refractivity contribution >= 4 is 44.7 Å². The number of benzene rings is 2. The molecule has 3 aromatic rings. The molecule has 1 aromatic heterocycles. The fourth-order valence-corrected chi connectivity index (χ4v) is 5.11. The molecule has 0 spiro atoms. The summed E-state index contributed by atoms with van der Waals surface area (Å²) >= 11 is 7.79.